The van der Waals surface area contributed by atoms with Crippen LogP contribution in [-0.2, 0) is 17.9 Å². The van der Waals surface area contributed by atoms with Crippen LogP contribution in [0.2, 0.25) is 0 Å². The van der Waals surface area contributed by atoms with Crippen molar-refractivity contribution in [1.29, 1.82) is 0 Å². The smallest absolute Gasteiger partial charge is 0.293 e. The van der Waals surface area contributed by atoms with Gasteiger partial charge in [-0.05, 0) is 121 Å². The molecule has 2 amide bonds. The Morgan fingerprint density at radius 1 is 0.861 bits per heavy atom. The molecule has 36 heavy (non-hydrogen) atoms. The molecule has 4 aromatic carbocycles. The molecule has 8 heteroatoms. The molecule has 0 atom stereocenters. The Kier molecular flexibility index (Phi) is 8.04. The van der Waals surface area contributed by atoms with E-state index < -0.39 is 0 Å². The number of carbonyl (C=O) groups excluding carboxylic acids is 2. The van der Waals surface area contributed by atoms with Crippen LogP contribution in [0.25, 0.3) is 16.8 Å². The third kappa shape index (κ3) is 5.81. The van der Waals surface area contributed by atoms with Crippen molar-refractivity contribution in [3.63, 3.8) is 0 Å². The van der Waals surface area contributed by atoms with Gasteiger partial charge in [0.25, 0.3) is 11.1 Å². The number of hydrogen-bond donors (Lipinski definition) is 0. The van der Waals surface area contributed by atoms with Gasteiger partial charge in [-0.25, -0.2) is 0 Å². The Labute approximate surface area is 248 Å². The number of fused-ring (bicyclic) bond motifs is 1. The second kappa shape index (κ2) is 11.2. The molecule has 0 spiro atoms. The van der Waals surface area contributed by atoms with Gasteiger partial charge in [0.05, 0.1) is 18.6 Å². The van der Waals surface area contributed by atoms with Crippen molar-refractivity contribution in [2.24, 2.45) is 0 Å². The molecule has 180 valence electrons. The molecule has 1 fully saturated rings. The van der Waals surface area contributed by atoms with Crippen molar-refractivity contribution in [3.05, 3.63) is 112 Å². The number of amides is 2. The van der Waals surface area contributed by atoms with E-state index in [1.807, 2.05) is 48.5 Å². The Balaban J connectivity index is 1.31. The first-order chi connectivity index (χ1) is 17.4. The second-order valence-corrected chi connectivity index (χ2v) is 12.4. The summed E-state index contributed by atoms with van der Waals surface area (Å²) in [5, 5.41) is 2.14. The predicted molar refractivity (Wildman–Crippen MR) is 166 cm³/mol. The molecule has 1 aliphatic rings. The van der Waals surface area contributed by atoms with Crippen LogP contribution in [-0.4, -0.2) is 16.0 Å². The van der Waals surface area contributed by atoms with E-state index >= 15 is 0 Å². The van der Waals surface area contributed by atoms with Crippen molar-refractivity contribution >= 4 is 101 Å². The molecule has 0 N–H and O–H groups in total. The highest BCUT2D eigenvalue weighted by molar-refractivity contribution is 14.1. The zero-order valence-electron chi connectivity index (χ0n) is 18.7. The average molecular weight is 782 g/mol. The molecule has 1 saturated heterocycles. The summed E-state index contributed by atoms with van der Waals surface area (Å²) in [6, 6.07) is 26.2. The summed E-state index contributed by atoms with van der Waals surface area (Å²) in [6.45, 7) is 0.719. The van der Waals surface area contributed by atoms with Gasteiger partial charge in [-0.15, -0.1) is 0 Å². The van der Waals surface area contributed by atoms with Crippen LogP contribution in [0, 0.1) is 7.14 Å². The van der Waals surface area contributed by atoms with Crippen molar-refractivity contribution in [3.8, 4) is 5.75 Å². The van der Waals surface area contributed by atoms with Crippen LogP contribution in [0.4, 0.5) is 4.79 Å². The summed E-state index contributed by atoms with van der Waals surface area (Å²) in [5.74, 6) is 0.541. The summed E-state index contributed by atoms with van der Waals surface area (Å²) >= 11 is 8.89. The molecule has 0 radical (unpaired) electrons. The third-order valence-electron chi connectivity index (χ3n) is 5.64. The van der Waals surface area contributed by atoms with E-state index in [9.17, 15) is 9.59 Å². The minimum Gasteiger partial charge on any atom is -0.487 e. The van der Waals surface area contributed by atoms with Gasteiger partial charge < -0.3 is 4.74 Å². The molecule has 4 nitrogen and oxygen atoms in total. The minimum absolute atomic E-state index is 0.256. The van der Waals surface area contributed by atoms with Crippen LogP contribution < -0.4 is 4.74 Å². The molecular weight excluding hydrogens is 764 g/mol. The number of thioether (sulfide) groups is 1. The Morgan fingerprint density at radius 2 is 1.53 bits per heavy atom. The largest absolute Gasteiger partial charge is 0.487 e. The van der Waals surface area contributed by atoms with E-state index in [-0.39, 0.29) is 17.7 Å². The Hall–Kier alpha value is -1.89. The summed E-state index contributed by atoms with van der Waals surface area (Å²) in [7, 11) is 0. The van der Waals surface area contributed by atoms with Crippen LogP contribution in [0.5, 0.6) is 5.75 Å². The maximum atomic E-state index is 13.0. The number of carbonyl (C=O) groups is 2. The first kappa shape index (κ1) is 25.7. The Bertz CT molecular complexity index is 1500. The van der Waals surface area contributed by atoms with Crippen molar-refractivity contribution < 1.29 is 14.3 Å². The molecule has 0 aromatic heterocycles. The maximum absolute atomic E-state index is 13.0. The lowest BCUT2D eigenvalue weighted by Gasteiger charge is -2.13. The normalized spacial score (nSPS) is 14.8. The highest BCUT2D eigenvalue weighted by atomic mass is 127. The molecule has 0 unspecified atom stereocenters. The fraction of sp³-hybridized carbons (Fsp3) is 0.0714. The monoisotopic (exact) mass is 781 g/mol. The number of hydrogen-bond acceptors (Lipinski definition) is 4. The summed E-state index contributed by atoms with van der Waals surface area (Å²) in [5.41, 5.74) is 2.86. The quantitative estimate of drug-likeness (QED) is 0.145. The zero-order valence-corrected chi connectivity index (χ0v) is 25.4. The zero-order chi connectivity index (χ0) is 25.2. The highest BCUT2D eigenvalue weighted by Gasteiger charge is 2.35. The number of halogens is 3. The lowest BCUT2D eigenvalue weighted by atomic mass is 10.1. The van der Waals surface area contributed by atoms with Gasteiger partial charge in [0, 0.05) is 4.47 Å². The summed E-state index contributed by atoms with van der Waals surface area (Å²) in [6.07, 6.45) is 1.78. The van der Waals surface area contributed by atoms with E-state index in [0.717, 1.165) is 45.8 Å². The minimum atomic E-state index is -0.269. The van der Waals surface area contributed by atoms with Gasteiger partial charge in [0.2, 0.25) is 0 Å². The van der Waals surface area contributed by atoms with E-state index in [1.165, 1.54) is 15.7 Å². The SMILES string of the molecule is O=C1S/C(=C\c2cc(I)c(OCc3ccc4ccccc4c3)c(I)c2)C(=O)N1Cc1ccc(Br)cc1. The molecule has 5 rings (SSSR count). The van der Waals surface area contributed by atoms with Gasteiger partial charge in [-0.3, -0.25) is 14.5 Å². The van der Waals surface area contributed by atoms with Crippen molar-refractivity contribution in [2.45, 2.75) is 13.2 Å². The standard InChI is InChI=1S/C28H18BrI2NO3S/c29-22-9-6-17(7-10-22)15-32-27(33)25(36-28(32)34)14-19-12-23(30)26(24(31)13-19)35-16-18-5-8-20-3-1-2-4-21(20)11-18/h1-14H,15-16H2/b25-14-. The van der Waals surface area contributed by atoms with E-state index in [4.69, 9.17) is 4.74 Å². The van der Waals surface area contributed by atoms with Gasteiger partial charge in [-0.1, -0.05) is 64.5 Å². The molecule has 4 aromatic rings. The third-order valence-corrected chi connectivity index (χ3v) is 8.68. The molecule has 0 saturated carbocycles. The highest BCUT2D eigenvalue weighted by Crippen LogP contribution is 2.36. The number of benzene rings is 4. The lowest BCUT2D eigenvalue weighted by Crippen LogP contribution is -2.27. The van der Waals surface area contributed by atoms with Gasteiger partial charge in [-0.2, -0.15) is 0 Å². The van der Waals surface area contributed by atoms with Gasteiger partial charge in [0.1, 0.15) is 12.4 Å². The maximum Gasteiger partial charge on any atom is 0.293 e. The first-order valence-corrected chi connectivity index (χ1v) is 14.7. The number of nitrogens with zero attached hydrogens (tertiary/aromatic N) is 1. The summed E-state index contributed by atoms with van der Waals surface area (Å²) in [4.78, 5) is 27.2. The second-order valence-electron chi connectivity index (χ2n) is 8.18. The number of ether oxygens (including phenoxy) is 1. The van der Waals surface area contributed by atoms with Crippen LogP contribution >= 0.6 is 72.9 Å². The lowest BCUT2D eigenvalue weighted by molar-refractivity contribution is -0.123. The van der Waals surface area contributed by atoms with Crippen LogP contribution in [0.1, 0.15) is 16.7 Å². The fourth-order valence-electron chi connectivity index (χ4n) is 3.84. The number of rotatable bonds is 6. The molecular formula is C28H18BrI2NO3S. The van der Waals surface area contributed by atoms with Gasteiger partial charge in [0.15, 0.2) is 0 Å². The summed E-state index contributed by atoms with van der Waals surface area (Å²) < 4.78 is 9.03. The van der Waals surface area contributed by atoms with E-state index in [0.29, 0.717) is 11.5 Å². The predicted octanol–water partition coefficient (Wildman–Crippen LogP) is 8.63. The molecule has 0 bridgehead atoms. The molecule has 1 heterocycles. The number of imide groups is 1. The van der Waals surface area contributed by atoms with Crippen LogP contribution in [0.3, 0.4) is 0 Å². The van der Waals surface area contributed by atoms with Crippen molar-refractivity contribution in [1.82, 2.24) is 4.90 Å². The van der Waals surface area contributed by atoms with E-state index in [2.05, 4.69) is 91.4 Å². The first-order valence-electron chi connectivity index (χ1n) is 11.0. The van der Waals surface area contributed by atoms with Crippen molar-refractivity contribution in [2.75, 3.05) is 0 Å². The van der Waals surface area contributed by atoms with Gasteiger partial charge >= 0.3 is 0 Å². The fourth-order valence-corrected chi connectivity index (χ4v) is 7.08. The molecule has 1 aliphatic heterocycles. The van der Waals surface area contributed by atoms with E-state index in [1.54, 1.807) is 6.08 Å². The Morgan fingerprint density at radius 3 is 2.25 bits per heavy atom. The van der Waals surface area contributed by atoms with Crippen LogP contribution in [0.15, 0.2) is 88.2 Å². The topological polar surface area (TPSA) is 46.6 Å². The average Bonchev–Trinajstić information content (AvgIpc) is 3.12. The molecule has 0 aliphatic carbocycles.